The largest absolute Gasteiger partial charge is 0.481 e. The Hall–Kier alpha value is -1.48. The van der Waals surface area contributed by atoms with Gasteiger partial charge in [0.1, 0.15) is 0 Å². The van der Waals surface area contributed by atoms with Gasteiger partial charge in [0.2, 0.25) is 0 Å². The first-order valence-electron chi connectivity index (χ1n) is 5.11. The third-order valence-corrected chi connectivity index (χ3v) is 2.53. The van der Waals surface area contributed by atoms with Gasteiger partial charge in [-0.25, -0.2) is 0 Å². The minimum Gasteiger partial charge on any atom is -0.481 e. The highest BCUT2D eigenvalue weighted by Gasteiger charge is 2.14. The lowest BCUT2D eigenvalue weighted by molar-refractivity contribution is -0.159. The van der Waals surface area contributed by atoms with Gasteiger partial charge in [-0.3, -0.25) is 18.9 Å². The number of unbranched alkanes of at least 4 members (excludes halogenated alkanes) is 1. The zero-order chi connectivity index (χ0) is 14.2. The summed E-state index contributed by atoms with van der Waals surface area (Å²) in [4.78, 5) is 32.1. The average Bonchev–Trinajstić information content (AvgIpc) is 2.20. The minimum absolute atomic E-state index is 0.0794. The van der Waals surface area contributed by atoms with Crippen molar-refractivity contribution < 1.29 is 37.2 Å². The van der Waals surface area contributed by atoms with Gasteiger partial charge < -0.3 is 9.84 Å². The molecule has 0 bridgehead atoms. The number of carboxylic acids is 1. The molecule has 0 aliphatic rings. The van der Waals surface area contributed by atoms with Crippen molar-refractivity contribution in [2.75, 3.05) is 5.75 Å². The molecule has 0 saturated heterocycles. The molecule has 0 amide bonds. The second-order valence-corrected chi connectivity index (χ2v) is 5.06. The van der Waals surface area contributed by atoms with Crippen LogP contribution in [0.5, 0.6) is 0 Å². The lowest BCUT2D eigenvalue weighted by Gasteiger charge is -2.01. The van der Waals surface area contributed by atoms with Crippen LogP contribution >= 0.6 is 0 Å². The molecule has 18 heavy (non-hydrogen) atoms. The monoisotopic (exact) mass is 282 g/mol. The molecular formula is C9H14O8S. The predicted molar refractivity (Wildman–Crippen MR) is 58.2 cm³/mol. The quantitative estimate of drug-likeness (QED) is 0.274. The van der Waals surface area contributed by atoms with Gasteiger partial charge in [0, 0.05) is 12.8 Å². The summed E-state index contributed by atoms with van der Waals surface area (Å²) in [6, 6.07) is 0. The summed E-state index contributed by atoms with van der Waals surface area (Å²) in [6.45, 7) is 0. The maximum absolute atomic E-state index is 11.0. The maximum atomic E-state index is 11.0. The second kappa shape index (κ2) is 7.77. The topological polar surface area (TPSA) is 135 Å². The SMILES string of the molecule is O=C(O)CCCCC(=O)OC(=O)CCS(=O)(=O)O. The van der Waals surface area contributed by atoms with Crippen molar-refractivity contribution in [2.24, 2.45) is 0 Å². The molecule has 0 heterocycles. The van der Waals surface area contributed by atoms with Crippen LogP contribution in [-0.4, -0.2) is 41.7 Å². The highest BCUT2D eigenvalue weighted by Crippen LogP contribution is 2.02. The first kappa shape index (κ1) is 16.5. The van der Waals surface area contributed by atoms with Crippen molar-refractivity contribution in [2.45, 2.75) is 32.1 Å². The summed E-state index contributed by atoms with van der Waals surface area (Å²) in [5.41, 5.74) is 0. The van der Waals surface area contributed by atoms with Crippen LogP contribution in [0.4, 0.5) is 0 Å². The van der Waals surface area contributed by atoms with E-state index in [-0.39, 0.29) is 25.7 Å². The van der Waals surface area contributed by atoms with E-state index in [2.05, 4.69) is 4.74 Å². The van der Waals surface area contributed by atoms with Gasteiger partial charge in [-0.2, -0.15) is 8.42 Å². The van der Waals surface area contributed by atoms with Gasteiger partial charge in [-0.1, -0.05) is 0 Å². The number of aliphatic carboxylic acids is 1. The normalized spacial score (nSPS) is 10.9. The van der Waals surface area contributed by atoms with Crippen LogP contribution in [0.2, 0.25) is 0 Å². The summed E-state index contributed by atoms with van der Waals surface area (Å²) < 4.78 is 33.2. The van der Waals surface area contributed by atoms with E-state index in [0.717, 1.165) is 0 Å². The first-order valence-corrected chi connectivity index (χ1v) is 6.72. The number of carbonyl (C=O) groups is 3. The van der Waals surface area contributed by atoms with E-state index in [9.17, 15) is 22.8 Å². The molecule has 0 aliphatic heterocycles. The van der Waals surface area contributed by atoms with Crippen molar-refractivity contribution in [1.82, 2.24) is 0 Å². The number of esters is 2. The number of rotatable bonds is 8. The van der Waals surface area contributed by atoms with Crippen molar-refractivity contribution in [3.8, 4) is 0 Å². The molecule has 0 saturated carbocycles. The van der Waals surface area contributed by atoms with Gasteiger partial charge in [0.15, 0.2) is 0 Å². The van der Waals surface area contributed by atoms with E-state index >= 15 is 0 Å². The molecule has 0 aromatic rings. The Morgan fingerprint density at radius 1 is 0.944 bits per heavy atom. The van der Waals surface area contributed by atoms with E-state index in [1.54, 1.807) is 0 Å². The number of hydrogen-bond acceptors (Lipinski definition) is 6. The fourth-order valence-corrected chi connectivity index (χ4v) is 1.41. The Morgan fingerprint density at radius 2 is 1.44 bits per heavy atom. The van der Waals surface area contributed by atoms with E-state index in [4.69, 9.17) is 9.66 Å². The van der Waals surface area contributed by atoms with Gasteiger partial charge in [0.25, 0.3) is 10.1 Å². The lowest BCUT2D eigenvalue weighted by Crippen LogP contribution is -2.16. The molecule has 0 aromatic heterocycles. The standard InChI is InChI=1S/C9H14O8S/c10-7(11)3-1-2-4-8(12)17-9(13)5-6-18(14,15)16/h1-6H2,(H,10,11)(H,14,15,16). The van der Waals surface area contributed by atoms with Crippen LogP contribution in [0.3, 0.4) is 0 Å². The zero-order valence-electron chi connectivity index (χ0n) is 9.49. The van der Waals surface area contributed by atoms with Crippen LogP contribution in [0, 0.1) is 0 Å². The number of hydrogen-bond donors (Lipinski definition) is 2. The smallest absolute Gasteiger partial charge is 0.314 e. The van der Waals surface area contributed by atoms with Gasteiger partial charge in [0.05, 0.1) is 12.2 Å². The van der Waals surface area contributed by atoms with E-state index in [1.165, 1.54) is 0 Å². The molecule has 104 valence electrons. The molecular weight excluding hydrogens is 268 g/mol. The third-order valence-electron chi connectivity index (χ3n) is 1.81. The van der Waals surface area contributed by atoms with Crippen LogP contribution < -0.4 is 0 Å². The van der Waals surface area contributed by atoms with Crippen molar-refractivity contribution in [3.63, 3.8) is 0 Å². The summed E-state index contributed by atoms with van der Waals surface area (Å²) in [7, 11) is -4.26. The fraction of sp³-hybridized carbons (Fsp3) is 0.667. The van der Waals surface area contributed by atoms with Crippen molar-refractivity contribution >= 4 is 28.0 Å². The summed E-state index contributed by atoms with van der Waals surface area (Å²) in [5.74, 6) is -3.68. The Morgan fingerprint density at radius 3 is 1.94 bits per heavy atom. The number of ether oxygens (including phenoxy) is 1. The molecule has 2 N–H and O–H groups in total. The van der Waals surface area contributed by atoms with E-state index in [0.29, 0.717) is 0 Å². The van der Waals surface area contributed by atoms with Crippen molar-refractivity contribution in [3.05, 3.63) is 0 Å². The van der Waals surface area contributed by atoms with Gasteiger partial charge in [-0.15, -0.1) is 0 Å². The van der Waals surface area contributed by atoms with Crippen LogP contribution in [0.15, 0.2) is 0 Å². The van der Waals surface area contributed by atoms with Gasteiger partial charge >= 0.3 is 17.9 Å². The second-order valence-electron chi connectivity index (χ2n) is 3.48. The molecule has 0 rings (SSSR count). The Kier molecular flexibility index (Phi) is 7.13. The van der Waals surface area contributed by atoms with E-state index in [1.807, 2.05) is 0 Å². The van der Waals surface area contributed by atoms with Crippen LogP contribution in [0.25, 0.3) is 0 Å². The molecule has 0 radical (unpaired) electrons. The number of carbonyl (C=O) groups excluding carboxylic acids is 2. The highest BCUT2D eigenvalue weighted by molar-refractivity contribution is 7.85. The lowest BCUT2D eigenvalue weighted by atomic mass is 10.2. The molecule has 9 heteroatoms. The minimum atomic E-state index is -4.26. The third kappa shape index (κ3) is 11.0. The Balaban J connectivity index is 3.74. The Labute approximate surface area is 104 Å². The molecule has 0 spiro atoms. The molecule has 0 unspecified atom stereocenters. The number of carboxylic acid groups (broad SMARTS) is 1. The summed E-state index contributed by atoms with van der Waals surface area (Å²) in [6.07, 6.45) is -0.269. The highest BCUT2D eigenvalue weighted by atomic mass is 32.2. The molecule has 0 atom stereocenters. The molecule has 0 fully saturated rings. The van der Waals surface area contributed by atoms with Crippen LogP contribution in [0.1, 0.15) is 32.1 Å². The molecule has 0 aromatic carbocycles. The molecule has 8 nitrogen and oxygen atoms in total. The predicted octanol–water partition coefficient (Wildman–Crippen LogP) is -0.0209. The fourth-order valence-electron chi connectivity index (χ4n) is 0.987. The summed E-state index contributed by atoms with van der Waals surface area (Å²) >= 11 is 0. The van der Waals surface area contributed by atoms with Crippen molar-refractivity contribution in [1.29, 1.82) is 0 Å². The first-order chi connectivity index (χ1) is 8.20. The summed E-state index contributed by atoms with van der Waals surface area (Å²) in [5, 5.41) is 8.32. The Bertz CT molecular complexity index is 410. The average molecular weight is 282 g/mol. The van der Waals surface area contributed by atoms with Gasteiger partial charge in [-0.05, 0) is 12.8 Å². The molecule has 0 aliphatic carbocycles. The zero-order valence-corrected chi connectivity index (χ0v) is 10.3. The maximum Gasteiger partial charge on any atom is 0.314 e. The van der Waals surface area contributed by atoms with Crippen LogP contribution in [-0.2, 0) is 29.2 Å². The van der Waals surface area contributed by atoms with E-state index < -0.39 is 40.2 Å².